The number of benzene rings is 1. The second-order valence-corrected chi connectivity index (χ2v) is 2.45. The standard InChI is InChI=1S/C9H9O4/c1-13-9-4-6(8(12)5-10)2-3-7(9)11/h2-4,8,11-12H,1H3. The molecule has 1 aromatic carbocycles. The number of ether oxygens (including phenoxy) is 1. The van der Waals surface area contributed by atoms with Crippen LogP contribution in [0.15, 0.2) is 18.2 Å². The van der Waals surface area contributed by atoms with Gasteiger partial charge in [0.05, 0.1) is 7.11 Å². The molecule has 1 radical (unpaired) electrons. The number of methoxy groups -OCH3 is 1. The third-order valence-electron chi connectivity index (χ3n) is 1.63. The van der Waals surface area contributed by atoms with E-state index in [4.69, 9.17) is 9.84 Å². The molecule has 4 heteroatoms. The van der Waals surface area contributed by atoms with Crippen molar-refractivity contribution in [3.8, 4) is 11.5 Å². The maximum Gasteiger partial charge on any atom is 0.234 e. The molecular formula is C9H9O4. The van der Waals surface area contributed by atoms with Crippen LogP contribution in [0, 0.1) is 0 Å². The number of aromatic hydroxyl groups is 1. The SMILES string of the molecule is COc1cc(C(O)[C]=O)ccc1O. The predicted octanol–water partition coefficient (Wildman–Crippen LogP) is 0.544. The summed E-state index contributed by atoms with van der Waals surface area (Å²) >= 11 is 0. The zero-order valence-corrected chi connectivity index (χ0v) is 7.02. The van der Waals surface area contributed by atoms with Gasteiger partial charge in [-0.1, -0.05) is 6.07 Å². The lowest BCUT2D eigenvalue weighted by molar-refractivity contribution is 0.239. The molecule has 0 bridgehead atoms. The fourth-order valence-corrected chi connectivity index (χ4v) is 0.932. The van der Waals surface area contributed by atoms with Gasteiger partial charge >= 0.3 is 0 Å². The summed E-state index contributed by atoms with van der Waals surface area (Å²) in [5.41, 5.74) is 0.338. The predicted molar refractivity (Wildman–Crippen MR) is 45.3 cm³/mol. The van der Waals surface area contributed by atoms with Crippen LogP contribution in [0.25, 0.3) is 0 Å². The second-order valence-electron chi connectivity index (χ2n) is 2.45. The van der Waals surface area contributed by atoms with Crippen molar-refractivity contribution < 1.29 is 19.7 Å². The van der Waals surface area contributed by atoms with Crippen molar-refractivity contribution in [2.24, 2.45) is 0 Å². The van der Waals surface area contributed by atoms with E-state index in [0.29, 0.717) is 5.56 Å². The van der Waals surface area contributed by atoms with E-state index in [1.54, 1.807) is 0 Å². The quantitative estimate of drug-likeness (QED) is 0.714. The molecule has 0 saturated heterocycles. The summed E-state index contributed by atoms with van der Waals surface area (Å²) in [6, 6.07) is 4.15. The molecule has 1 unspecified atom stereocenters. The van der Waals surface area contributed by atoms with Crippen LogP contribution in [0.2, 0.25) is 0 Å². The lowest BCUT2D eigenvalue weighted by Gasteiger charge is -2.06. The monoisotopic (exact) mass is 181 g/mol. The zero-order valence-electron chi connectivity index (χ0n) is 7.02. The van der Waals surface area contributed by atoms with Crippen molar-refractivity contribution in [2.45, 2.75) is 6.10 Å². The highest BCUT2D eigenvalue weighted by atomic mass is 16.5. The average Bonchev–Trinajstić information content (AvgIpc) is 2.17. The van der Waals surface area contributed by atoms with E-state index in [9.17, 15) is 9.90 Å². The van der Waals surface area contributed by atoms with Gasteiger partial charge < -0.3 is 14.9 Å². The molecule has 0 amide bonds. The van der Waals surface area contributed by atoms with E-state index < -0.39 is 6.10 Å². The van der Waals surface area contributed by atoms with Crippen molar-refractivity contribution in [1.29, 1.82) is 0 Å². The Labute approximate surface area is 75.4 Å². The molecule has 0 aromatic heterocycles. The highest BCUT2D eigenvalue weighted by Gasteiger charge is 2.09. The Morgan fingerprint density at radius 1 is 1.54 bits per heavy atom. The minimum absolute atomic E-state index is 0.0376. The minimum Gasteiger partial charge on any atom is -0.504 e. The Morgan fingerprint density at radius 3 is 2.77 bits per heavy atom. The Bertz CT molecular complexity index is 308. The molecule has 0 saturated carbocycles. The van der Waals surface area contributed by atoms with E-state index in [-0.39, 0.29) is 11.5 Å². The van der Waals surface area contributed by atoms with Gasteiger partial charge in [0.15, 0.2) is 11.5 Å². The van der Waals surface area contributed by atoms with Crippen LogP contribution in [-0.2, 0) is 4.79 Å². The first-order valence-electron chi connectivity index (χ1n) is 3.61. The maximum atomic E-state index is 10.1. The van der Waals surface area contributed by atoms with Crippen LogP contribution in [0.4, 0.5) is 0 Å². The summed E-state index contributed by atoms with van der Waals surface area (Å²) in [5, 5.41) is 18.3. The van der Waals surface area contributed by atoms with Crippen molar-refractivity contribution in [3.05, 3.63) is 23.8 Å². The van der Waals surface area contributed by atoms with E-state index in [1.807, 2.05) is 0 Å². The molecule has 1 rings (SSSR count). The number of aliphatic hydroxyl groups is 1. The molecule has 2 N–H and O–H groups in total. The van der Waals surface area contributed by atoms with Crippen molar-refractivity contribution in [1.82, 2.24) is 0 Å². The smallest absolute Gasteiger partial charge is 0.234 e. The zero-order chi connectivity index (χ0) is 9.84. The van der Waals surface area contributed by atoms with E-state index in [1.165, 1.54) is 31.6 Å². The van der Waals surface area contributed by atoms with Gasteiger partial charge in [-0.3, -0.25) is 4.79 Å². The van der Waals surface area contributed by atoms with E-state index in [2.05, 4.69) is 0 Å². The van der Waals surface area contributed by atoms with Crippen molar-refractivity contribution >= 4 is 6.29 Å². The molecule has 13 heavy (non-hydrogen) atoms. The van der Waals surface area contributed by atoms with Gasteiger partial charge in [0.1, 0.15) is 6.10 Å². The van der Waals surface area contributed by atoms with Gasteiger partial charge in [0.25, 0.3) is 0 Å². The van der Waals surface area contributed by atoms with Crippen LogP contribution in [0.1, 0.15) is 11.7 Å². The summed E-state index contributed by atoms with van der Waals surface area (Å²) in [6.45, 7) is 0. The topological polar surface area (TPSA) is 66.8 Å². The normalized spacial score (nSPS) is 12.2. The number of phenolic OH excluding ortho intramolecular Hbond substituents is 1. The first-order chi connectivity index (χ1) is 6.19. The number of rotatable bonds is 3. The first-order valence-corrected chi connectivity index (χ1v) is 3.61. The summed E-state index contributed by atoms with van der Waals surface area (Å²) < 4.78 is 4.79. The number of hydrogen-bond donors (Lipinski definition) is 2. The molecular weight excluding hydrogens is 172 g/mol. The molecule has 0 heterocycles. The molecule has 69 valence electrons. The molecule has 1 atom stereocenters. The van der Waals surface area contributed by atoms with Crippen LogP contribution < -0.4 is 4.74 Å². The fourth-order valence-electron chi connectivity index (χ4n) is 0.932. The van der Waals surface area contributed by atoms with Gasteiger partial charge in [0.2, 0.25) is 6.29 Å². The van der Waals surface area contributed by atoms with Crippen LogP contribution in [0.5, 0.6) is 11.5 Å². The molecule has 0 spiro atoms. The number of aliphatic hydroxyl groups excluding tert-OH is 1. The molecule has 0 fully saturated rings. The van der Waals surface area contributed by atoms with Gasteiger partial charge in [-0.05, 0) is 17.7 Å². The summed E-state index contributed by atoms with van der Waals surface area (Å²) in [6.07, 6.45) is 0.124. The molecule has 4 nitrogen and oxygen atoms in total. The van der Waals surface area contributed by atoms with E-state index >= 15 is 0 Å². The summed E-state index contributed by atoms with van der Waals surface area (Å²) in [4.78, 5) is 10.1. The summed E-state index contributed by atoms with van der Waals surface area (Å²) in [5.74, 6) is 0.177. The number of phenols is 1. The third-order valence-corrected chi connectivity index (χ3v) is 1.63. The Balaban J connectivity index is 3.05. The largest absolute Gasteiger partial charge is 0.504 e. The van der Waals surface area contributed by atoms with Gasteiger partial charge in [-0.2, -0.15) is 0 Å². The third kappa shape index (κ3) is 1.97. The molecule has 0 aliphatic rings. The molecule has 0 aliphatic carbocycles. The Hall–Kier alpha value is -1.55. The number of carbonyl (C=O) groups excluding carboxylic acids is 1. The Kier molecular flexibility index (Phi) is 2.87. The second kappa shape index (κ2) is 3.91. The van der Waals surface area contributed by atoms with Crippen molar-refractivity contribution in [2.75, 3.05) is 7.11 Å². The minimum atomic E-state index is -1.30. The lowest BCUT2D eigenvalue weighted by atomic mass is 10.1. The fraction of sp³-hybridized carbons (Fsp3) is 0.222. The van der Waals surface area contributed by atoms with Crippen molar-refractivity contribution in [3.63, 3.8) is 0 Å². The maximum absolute atomic E-state index is 10.1. The molecule has 1 aromatic rings. The summed E-state index contributed by atoms with van der Waals surface area (Å²) in [7, 11) is 1.38. The first kappa shape index (κ1) is 9.54. The molecule has 0 aliphatic heterocycles. The highest BCUT2D eigenvalue weighted by Crippen LogP contribution is 2.28. The van der Waals surface area contributed by atoms with E-state index in [0.717, 1.165) is 0 Å². The highest BCUT2D eigenvalue weighted by molar-refractivity contribution is 5.61. The van der Waals surface area contributed by atoms with Crippen LogP contribution >= 0.6 is 0 Å². The van der Waals surface area contributed by atoms with Gasteiger partial charge in [-0.15, -0.1) is 0 Å². The van der Waals surface area contributed by atoms with Crippen LogP contribution in [-0.4, -0.2) is 23.6 Å². The number of hydrogen-bond acceptors (Lipinski definition) is 4. The average molecular weight is 181 g/mol. The van der Waals surface area contributed by atoms with Gasteiger partial charge in [0, 0.05) is 0 Å². The van der Waals surface area contributed by atoms with Crippen LogP contribution in [0.3, 0.4) is 0 Å². The Morgan fingerprint density at radius 2 is 2.23 bits per heavy atom. The van der Waals surface area contributed by atoms with Gasteiger partial charge in [-0.25, -0.2) is 0 Å². The lowest BCUT2D eigenvalue weighted by Crippen LogP contribution is -1.98.